The smallest absolute Gasteiger partial charge is 0.234 e. The minimum absolute atomic E-state index is 0.0247. The van der Waals surface area contributed by atoms with Crippen molar-refractivity contribution in [2.75, 3.05) is 7.11 Å². The molecule has 0 fully saturated rings. The normalized spacial score (nSPS) is 13.8. The number of carbonyl (C=O) groups excluding carboxylic acids is 1. The zero-order chi connectivity index (χ0) is 23.3. The molecule has 1 N–H and O–H groups in total. The van der Waals surface area contributed by atoms with Crippen LogP contribution in [0.25, 0.3) is 17.1 Å². The van der Waals surface area contributed by atoms with Crippen LogP contribution in [0, 0.1) is 17.2 Å². The number of rotatable bonds is 8. The van der Waals surface area contributed by atoms with Crippen LogP contribution in [0.15, 0.2) is 59.8 Å². The van der Waals surface area contributed by atoms with E-state index in [9.17, 15) is 10.1 Å². The van der Waals surface area contributed by atoms with Gasteiger partial charge in [0.1, 0.15) is 11.3 Å². The van der Waals surface area contributed by atoms with Crippen molar-refractivity contribution in [2.45, 2.75) is 43.6 Å². The number of methoxy groups -OCH3 is 1. The molecule has 2 aromatic carbocycles. The Hall–Kier alpha value is -3.31. The summed E-state index contributed by atoms with van der Waals surface area (Å²) in [5.41, 5.74) is 0.832. The van der Waals surface area contributed by atoms with Crippen LogP contribution in [-0.4, -0.2) is 38.6 Å². The highest BCUT2D eigenvalue weighted by atomic mass is 32.2. The Morgan fingerprint density at radius 2 is 1.78 bits per heavy atom. The Kier molecular flexibility index (Phi) is 7.21. The number of hydrogen-bond acceptors (Lipinski definition) is 6. The van der Waals surface area contributed by atoms with E-state index >= 15 is 0 Å². The first-order valence-corrected chi connectivity index (χ1v) is 11.2. The van der Waals surface area contributed by atoms with Gasteiger partial charge in [-0.15, -0.1) is 10.2 Å². The molecular formula is C24H27N5O2S. The maximum absolute atomic E-state index is 12.9. The molecule has 2 atom stereocenters. The lowest BCUT2D eigenvalue weighted by Crippen LogP contribution is -2.51. The van der Waals surface area contributed by atoms with E-state index in [1.54, 1.807) is 21.0 Å². The summed E-state index contributed by atoms with van der Waals surface area (Å²) in [4.78, 5) is 12.9. The van der Waals surface area contributed by atoms with E-state index in [1.165, 1.54) is 11.8 Å². The van der Waals surface area contributed by atoms with Crippen LogP contribution < -0.4 is 10.1 Å². The first-order valence-electron chi connectivity index (χ1n) is 10.3. The third-order valence-corrected chi connectivity index (χ3v) is 6.46. The Morgan fingerprint density at radius 1 is 1.12 bits per heavy atom. The number of aromatic nitrogens is 3. The monoisotopic (exact) mass is 449 g/mol. The number of hydrogen-bond donors (Lipinski definition) is 1. The lowest BCUT2D eigenvalue weighted by Gasteiger charge is -2.28. The average molecular weight is 450 g/mol. The summed E-state index contributed by atoms with van der Waals surface area (Å²) in [7, 11) is 1.62. The van der Waals surface area contributed by atoms with Crippen LogP contribution in [-0.2, 0) is 4.79 Å². The standard InChI is InChI=1S/C24H27N5O2S/c1-16(2)24(4,15-25)26-22(30)17(3)32-23-28-27-21(18-11-13-20(31-5)14-12-18)29(23)19-9-7-6-8-10-19/h6-14,16-17H,1-5H3,(H,26,30). The van der Waals surface area contributed by atoms with Crippen molar-refractivity contribution < 1.29 is 9.53 Å². The molecule has 3 aromatic rings. The molecule has 1 amide bonds. The van der Waals surface area contributed by atoms with Gasteiger partial charge in [-0.05, 0) is 56.2 Å². The first kappa shape index (κ1) is 23.4. The maximum atomic E-state index is 12.9. The molecule has 0 saturated heterocycles. The highest BCUT2D eigenvalue weighted by molar-refractivity contribution is 8.00. The summed E-state index contributed by atoms with van der Waals surface area (Å²) in [6, 6.07) is 19.6. The van der Waals surface area contributed by atoms with Crippen LogP contribution in [0.2, 0.25) is 0 Å². The van der Waals surface area contributed by atoms with Gasteiger partial charge in [0.2, 0.25) is 5.91 Å². The second-order valence-corrected chi connectivity index (χ2v) is 9.23. The molecule has 0 saturated carbocycles. The van der Waals surface area contributed by atoms with E-state index in [0.717, 1.165) is 17.0 Å². The number of benzene rings is 2. The summed E-state index contributed by atoms with van der Waals surface area (Å²) in [6.45, 7) is 7.36. The lowest BCUT2D eigenvalue weighted by atomic mass is 9.90. The summed E-state index contributed by atoms with van der Waals surface area (Å²) >= 11 is 1.30. The first-order chi connectivity index (χ1) is 15.3. The van der Waals surface area contributed by atoms with Crippen molar-refractivity contribution in [1.82, 2.24) is 20.1 Å². The number of carbonyl (C=O) groups is 1. The minimum atomic E-state index is -0.937. The van der Waals surface area contributed by atoms with Crippen LogP contribution in [0.3, 0.4) is 0 Å². The molecule has 0 aliphatic carbocycles. The number of nitrogens with zero attached hydrogens (tertiary/aromatic N) is 4. The van der Waals surface area contributed by atoms with Gasteiger partial charge in [0.25, 0.3) is 0 Å². The predicted molar refractivity (Wildman–Crippen MR) is 126 cm³/mol. The fourth-order valence-corrected chi connectivity index (χ4v) is 3.82. The summed E-state index contributed by atoms with van der Waals surface area (Å²) in [5.74, 6) is 1.17. The largest absolute Gasteiger partial charge is 0.497 e. The molecule has 8 heteroatoms. The maximum Gasteiger partial charge on any atom is 0.234 e. The zero-order valence-corrected chi connectivity index (χ0v) is 19.7. The number of amides is 1. The van der Waals surface area contributed by atoms with Crippen LogP contribution >= 0.6 is 11.8 Å². The van der Waals surface area contributed by atoms with E-state index < -0.39 is 10.8 Å². The highest BCUT2D eigenvalue weighted by Gasteiger charge is 2.32. The summed E-state index contributed by atoms with van der Waals surface area (Å²) in [5, 5.41) is 21.3. The fraction of sp³-hybridized carbons (Fsp3) is 0.333. The quantitative estimate of drug-likeness (QED) is 0.510. The van der Waals surface area contributed by atoms with Crippen molar-refractivity contribution in [1.29, 1.82) is 5.26 Å². The van der Waals surface area contributed by atoms with E-state index in [-0.39, 0.29) is 11.8 Å². The molecule has 2 unspecified atom stereocenters. The molecule has 0 aliphatic heterocycles. The van der Waals surface area contributed by atoms with Gasteiger partial charge < -0.3 is 10.1 Å². The minimum Gasteiger partial charge on any atom is -0.497 e. The number of nitriles is 1. The molecule has 0 aliphatic rings. The van der Waals surface area contributed by atoms with Crippen molar-refractivity contribution in [3.63, 3.8) is 0 Å². The summed E-state index contributed by atoms with van der Waals surface area (Å²) in [6.07, 6.45) is 0. The van der Waals surface area contributed by atoms with Crippen LogP contribution in [0.1, 0.15) is 27.7 Å². The average Bonchev–Trinajstić information content (AvgIpc) is 3.22. The van der Waals surface area contributed by atoms with Gasteiger partial charge in [-0.1, -0.05) is 43.8 Å². The molecule has 0 spiro atoms. The van der Waals surface area contributed by atoms with Crippen molar-refractivity contribution in [3.8, 4) is 28.9 Å². The van der Waals surface area contributed by atoms with E-state index in [4.69, 9.17) is 4.74 Å². The van der Waals surface area contributed by atoms with Gasteiger partial charge in [0.15, 0.2) is 11.0 Å². The lowest BCUT2D eigenvalue weighted by molar-refractivity contribution is -0.121. The predicted octanol–water partition coefficient (Wildman–Crippen LogP) is 4.48. The Bertz CT molecular complexity index is 1110. The number of thioether (sulfide) groups is 1. The Morgan fingerprint density at radius 3 is 2.34 bits per heavy atom. The van der Waals surface area contributed by atoms with Gasteiger partial charge >= 0.3 is 0 Å². The number of ether oxygens (including phenoxy) is 1. The molecule has 32 heavy (non-hydrogen) atoms. The van der Waals surface area contributed by atoms with Crippen molar-refractivity contribution in [2.24, 2.45) is 5.92 Å². The molecule has 1 heterocycles. The second-order valence-electron chi connectivity index (χ2n) is 7.92. The third-order valence-electron chi connectivity index (χ3n) is 5.42. The van der Waals surface area contributed by atoms with Crippen molar-refractivity contribution >= 4 is 17.7 Å². The van der Waals surface area contributed by atoms with Gasteiger partial charge in [-0.25, -0.2) is 0 Å². The number of nitrogens with one attached hydrogen (secondary N) is 1. The van der Waals surface area contributed by atoms with E-state index in [0.29, 0.717) is 11.0 Å². The summed E-state index contributed by atoms with van der Waals surface area (Å²) < 4.78 is 7.19. The third kappa shape index (κ3) is 4.94. The van der Waals surface area contributed by atoms with Gasteiger partial charge in [-0.2, -0.15) is 5.26 Å². The SMILES string of the molecule is COc1ccc(-c2nnc(SC(C)C(=O)NC(C)(C#N)C(C)C)n2-c2ccccc2)cc1. The van der Waals surface area contributed by atoms with Gasteiger partial charge in [0.05, 0.1) is 18.4 Å². The van der Waals surface area contributed by atoms with Crippen LogP contribution in [0.4, 0.5) is 0 Å². The molecule has 0 bridgehead atoms. The zero-order valence-electron chi connectivity index (χ0n) is 18.9. The van der Waals surface area contributed by atoms with Crippen LogP contribution in [0.5, 0.6) is 5.75 Å². The fourth-order valence-electron chi connectivity index (χ4n) is 2.95. The van der Waals surface area contributed by atoms with Gasteiger partial charge in [0, 0.05) is 11.3 Å². The molecule has 0 radical (unpaired) electrons. The molecule has 7 nitrogen and oxygen atoms in total. The molecular weight excluding hydrogens is 422 g/mol. The molecule has 166 valence electrons. The van der Waals surface area contributed by atoms with Gasteiger partial charge in [-0.3, -0.25) is 9.36 Å². The molecule has 1 aromatic heterocycles. The highest BCUT2D eigenvalue weighted by Crippen LogP contribution is 2.31. The van der Waals surface area contributed by atoms with E-state index in [2.05, 4.69) is 21.6 Å². The molecule has 3 rings (SSSR count). The van der Waals surface area contributed by atoms with Crippen molar-refractivity contribution in [3.05, 3.63) is 54.6 Å². The van der Waals surface area contributed by atoms with E-state index in [1.807, 2.05) is 73.0 Å². The number of para-hydroxylation sites is 1. The second kappa shape index (κ2) is 9.88. The Balaban J connectivity index is 1.94. The topological polar surface area (TPSA) is 92.8 Å². The Labute approximate surface area is 192 Å².